The molecule has 2 rings (SSSR count). The molecule has 2 aromatic rings. The van der Waals surface area contributed by atoms with Crippen molar-refractivity contribution in [1.29, 1.82) is 0 Å². The summed E-state index contributed by atoms with van der Waals surface area (Å²) in [7, 11) is 0. The number of ether oxygens (including phenoxy) is 1. The number of hydrogen-bond donors (Lipinski definition) is 2. The Balaban J connectivity index is 2.10. The maximum atomic E-state index is 12.7. The monoisotopic (exact) mass is 396 g/mol. The van der Waals surface area contributed by atoms with Gasteiger partial charge in [-0.25, -0.2) is 0 Å². The van der Waals surface area contributed by atoms with Gasteiger partial charge in [0.15, 0.2) is 0 Å². The molecule has 1 atom stereocenters. The number of anilines is 1. The molecule has 0 spiro atoms. The van der Waals surface area contributed by atoms with Gasteiger partial charge in [-0.05, 0) is 43.7 Å². The van der Waals surface area contributed by atoms with Crippen LogP contribution in [-0.2, 0) is 14.3 Å². The van der Waals surface area contributed by atoms with Gasteiger partial charge in [-0.3, -0.25) is 14.4 Å². The van der Waals surface area contributed by atoms with E-state index in [1.165, 1.54) is 0 Å². The number of nitrogens with one attached hydrogen (secondary N) is 2. The minimum atomic E-state index is -0.504. The fraction of sp³-hybridized carbons (Fsp3) is 0.348. The Labute approximate surface area is 171 Å². The van der Waals surface area contributed by atoms with E-state index >= 15 is 0 Å². The van der Waals surface area contributed by atoms with Crippen molar-refractivity contribution in [3.8, 4) is 0 Å². The zero-order valence-corrected chi connectivity index (χ0v) is 17.3. The Morgan fingerprint density at radius 2 is 1.52 bits per heavy atom. The van der Waals surface area contributed by atoms with Crippen LogP contribution in [0, 0.1) is 5.92 Å². The molecule has 0 aliphatic rings. The fourth-order valence-electron chi connectivity index (χ4n) is 2.65. The van der Waals surface area contributed by atoms with Crippen LogP contribution in [0.1, 0.15) is 56.1 Å². The van der Waals surface area contributed by atoms with Crippen LogP contribution in [0.5, 0.6) is 0 Å². The van der Waals surface area contributed by atoms with Gasteiger partial charge in [0.05, 0.1) is 18.6 Å². The van der Waals surface area contributed by atoms with Crippen molar-refractivity contribution in [3.63, 3.8) is 0 Å². The van der Waals surface area contributed by atoms with Crippen LogP contribution in [0.4, 0.5) is 5.69 Å². The maximum absolute atomic E-state index is 12.7. The molecule has 0 bridgehead atoms. The topological polar surface area (TPSA) is 84.5 Å². The van der Waals surface area contributed by atoms with E-state index in [9.17, 15) is 14.4 Å². The SMILES string of the molecule is CC(C)OC(=O)CC(NC(=O)c1ccc(NC(=O)C(C)C)cc1)c1ccccc1. The van der Waals surface area contributed by atoms with Crippen molar-refractivity contribution in [2.24, 2.45) is 5.92 Å². The normalized spacial score (nSPS) is 11.8. The summed E-state index contributed by atoms with van der Waals surface area (Å²) in [4.78, 5) is 36.6. The van der Waals surface area contributed by atoms with Gasteiger partial charge >= 0.3 is 5.97 Å². The molecule has 0 saturated heterocycles. The average molecular weight is 396 g/mol. The van der Waals surface area contributed by atoms with Crippen molar-refractivity contribution in [1.82, 2.24) is 5.32 Å². The maximum Gasteiger partial charge on any atom is 0.308 e. The first kappa shape index (κ1) is 22.1. The lowest BCUT2D eigenvalue weighted by Gasteiger charge is -2.19. The minimum Gasteiger partial charge on any atom is -0.463 e. The average Bonchev–Trinajstić information content (AvgIpc) is 2.68. The summed E-state index contributed by atoms with van der Waals surface area (Å²) >= 11 is 0. The number of rotatable bonds is 8. The van der Waals surface area contributed by atoms with Crippen LogP contribution in [-0.4, -0.2) is 23.9 Å². The molecule has 2 aromatic carbocycles. The van der Waals surface area contributed by atoms with Gasteiger partial charge < -0.3 is 15.4 Å². The van der Waals surface area contributed by atoms with Gasteiger partial charge in [0, 0.05) is 17.2 Å². The predicted molar refractivity (Wildman–Crippen MR) is 112 cm³/mol. The smallest absolute Gasteiger partial charge is 0.308 e. The molecule has 2 N–H and O–H groups in total. The van der Waals surface area contributed by atoms with E-state index in [4.69, 9.17) is 4.74 Å². The van der Waals surface area contributed by atoms with E-state index in [0.29, 0.717) is 11.3 Å². The van der Waals surface area contributed by atoms with Crippen LogP contribution in [0.15, 0.2) is 54.6 Å². The summed E-state index contributed by atoms with van der Waals surface area (Å²) in [5.41, 5.74) is 1.88. The third-order valence-corrected chi connectivity index (χ3v) is 4.18. The van der Waals surface area contributed by atoms with E-state index in [1.54, 1.807) is 38.1 Å². The number of hydrogen-bond acceptors (Lipinski definition) is 4. The Hall–Kier alpha value is -3.15. The molecule has 0 heterocycles. The number of carbonyl (C=O) groups is 3. The lowest BCUT2D eigenvalue weighted by Crippen LogP contribution is -2.31. The van der Waals surface area contributed by atoms with Crippen LogP contribution < -0.4 is 10.6 Å². The second-order valence-electron chi connectivity index (χ2n) is 7.40. The Morgan fingerprint density at radius 3 is 2.07 bits per heavy atom. The molecule has 0 aliphatic heterocycles. The summed E-state index contributed by atoms with van der Waals surface area (Å²) in [5, 5.41) is 5.69. The van der Waals surface area contributed by atoms with E-state index in [-0.39, 0.29) is 36.2 Å². The van der Waals surface area contributed by atoms with E-state index < -0.39 is 6.04 Å². The predicted octanol–water partition coefficient (Wildman–Crippen LogP) is 4.09. The van der Waals surface area contributed by atoms with Crippen LogP contribution in [0.3, 0.4) is 0 Å². The van der Waals surface area contributed by atoms with Crippen molar-refractivity contribution in [2.75, 3.05) is 5.32 Å². The molecule has 1 unspecified atom stereocenters. The van der Waals surface area contributed by atoms with Crippen molar-refractivity contribution in [2.45, 2.75) is 46.3 Å². The first-order valence-corrected chi connectivity index (χ1v) is 9.72. The lowest BCUT2D eigenvalue weighted by molar-refractivity contribution is -0.148. The van der Waals surface area contributed by atoms with Gasteiger partial charge in [0.2, 0.25) is 5.91 Å². The summed E-state index contributed by atoms with van der Waals surface area (Å²) in [5.74, 6) is -0.899. The summed E-state index contributed by atoms with van der Waals surface area (Å²) in [6, 6.07) is 15.4. The first-order chi connectivity index (χ1) is 13.8. The highest BCUT2D eigenvalue weighted by Crippen LogP contribution is 2.19. The fourth-order valence-corrected chi connectivity index (χ4v) is 2.65. The van der Waals surface area contributed by atoms with Crippen LogP contribution in [0.2, 0.25) is 0 Å². The molecule has 6 heteroatoms. The van der Waals surface area contributed by atoms with Gasteiger partial charge in [-0.2, -0.15) is 0 Å². The lowest BCUT2D eigenvalue weighted by atomic mass is 10.0. The third kappa shape index (κ3) is 7.07. The summed E-state index contributed by atoms with van der Waals surface area (Å²) < 4.78 is 5.23. The number of amides is 2. The Bertz CT molecular complexity index is 830. The minimum absolute atomic E-state index is 0.0382. The highest BCUT2D eigenvalue weighted by molar-refractivity contribution is 5.96. The zero-order valence-electron chi connectivity index (χ0n) is 17.3. The number of benzene rings is 2. The molecule has 2 amide bonds. The van der Waals surface area contributed by atoms with Gasteiger partial charge in [0.25, 0.3) is 5.91 Å². The molecular formula is C23H28N2O4. The van der Waals surface area contributed by atoms with E-state index in [1.807, 2.05) is 44.2 Å². The van der Waals surface area contributed by atoms with E-state index in [2.05, 4.69) is 10.6 Å². The number of esters is 1. The quantitative estimate of drug-likeness (QED) is 0.658. The molecule has 0 aromatic heterocycles. The molecule has 154 valence electrons. The summed E-state index contributed by atoms with van der Waals surface area (Å²) in [6.45, 7) is 7.19. The van der Waals surface area contributed by atoms with Crippen LogP contribution in [0.25, 0.3) is 0 Å². The molecule has 0 fully saturated rings. The van der Waals surface area contributed by atoms with Crippen molar-refractivity contribution in [3.05, 3.63) is 65.7 Å². The van der Waals surface area contributed by atoms with Gasteiger partial charge in [0.1, 0.15) is 0 Å². The first-order valence-electron chi connectivity index (χ1n) is 9.72. The zero-order chi connectivity index (χ0) is 21.4. The molecule has 0 saturated carbocycles. The third-order valence-electron chi connectivity index (χ3n) is 4.18. The van der Waals surface area contributed by atoms with Crippen LogP contribution >= 0.6 is 0 Å². The second-order valence-corrected chi connectivity index (χ2v) is 7.40. The molecule has 6 nitrogen and oxygen atoms in total. The van der Waals surface area contributed by atoms with Crippen molar-refractivity contribution >= 4 is 23.5 Å². The number of carbonyl (C=O) groups excluding carboxylic acids is 3. The van der Waals surface area contributed by atoms with Crippen molar-refractivity contribution < 1.29 is 19.1 Å². The Morgan fingerprint density at radius 1 is 0.897 bits per heavy atom. The summed E-state index contributed by atoms with van der Waals surface area (Å²) in [6.07, 6.45) is -0.181. The van der Waals surface area contributed by atoms with Gasteiger partial charge in [-0.1, -0.05) is 44.2 Å². The Kier molecular flexibility index (Phi) is 7.95. The molecule has 0 aliphatic carbocycles. The van der Waals surface area contributed by atoms with E-state index in [0.717, 1.165) is 5.56 Å². The standard InChI is InChI=1S/C23H28N2O4/c1-15(2)22(27)24-19-12-10-18(11-13-19)23(28)25-20(14-21(26)29-16(3)4)17-8-6-5-7-9-17/h5-13,15-16,20H,14H2,1-4H3,(H,24,27)(H,25,28). The largest absolute Gasteiger partial charge is 0.463 e. The second kappa shape index (κ2) is 10.4. The molecule has 0 radical (unpaired) electrons. The highest BCUT2D eigenvalue weighted by atomic mass is 16.5. The highest BCUT2D eigenvalue weighted by Gasteiger charge is 2.20. The molecule has 29 heavy (non-hydrogen) atoms. The van der Waals surface area contributed by atoms with Gasteiger partial charge in [-0.15, -0.1) is 0 Å². The molecular weight excluding hydrogens is 368 g/mol.